The van der Waals surface area contributed by atoms with E-state index in [2.05, 4.69) is 10.3 Å². The number of benzene rings is 2. The quantitative estimate of drug-likeness (QED) is 0.832. The number of nitrogens with zero attached hydrogens (tertiary/aromatic N) is 1. The highest BCUT2D eigenvalue weighted by atomic mass is 16.1. The maximum Gasteiger partial charge on any atom is 0.159 e. The normalized spacial score (nSPS) is 13.3. The molecule has 1 aliphatic heterocycles. The number of rotatable bonds is 6. The lowest BCUT2D eigenvalue weighted by molar-refractivity contribution is -0.117. The Morgan fingerprint density at radius 1 is 1.04 bits per heavy atom. The van der Waals surface area contributed by atoms with Gasteiger partial charge in [0.1, 0.15) is 11.6 Å². The first-order chi connectivity index (χ1) is 11.6. The van der Waals surface area contributed by atoms with Crippen molar-refractivity contribution in [1.29, 1.82) is 0 Å². The second-order valence-electron chi connectivity index (χ2n) is 6.00. The van der Waals surface area contributed by atoms with Gasteiger partial charge in [-0.15, -0.1) is 0 Å². The molecule has 0 bridgehead atoms. The van der Waals surface area contributed by atoms with Crippen LogP contribution in [0.4, 0.5) is 0 Å². The Balaban J connectivity index is 1.64. The molecule has 0 amide bonds. The average molecular weight is 320 g/mol. The molecule has 2 aromatic rings. The zero-order valence-corrected chi connectivity index (χ0v) is 13.7. The Hall–Kier alpha value is -2.75. The molecule has 0 fully saturated rings. The van der Waals surface area contributed by atoms with Crippen molar-refractivity contribution in [2.24, 2.45) is 4.99 Å². The van der Waals surface area contributed by atoms with E-state index in [1.54, 1.807) is 12.1 Å². The number of nitrogens with one attached hydrogen (secondary N) is 1. The van der Waals surface area contributed by atoms with E-state index in [1.165, 1.54) is 6.92 Å². The van der Waals surface area contributed by atoms with E-state index in [0.717, 1.165) is 35.6 Å². The van der Waals surface area contributed by atoms with Gasteiger partial charge >= 0.3 is 0 Å². The maximum absolute atomic E-state index is 12.3. The molecule has 0 saturated carbocycles. The summed E-state index contributed by atoms with van der Waals surface area (Å²) in [5.74, 6) is 1.10. The van der Waals surface area contributed by atoms with E-state index < -0.39 is 0 Å². The van der Waals surface area contributed by atoms with Crippen LogP contribution in [0.5, 0.6) is 0 Å². The molecule has 1 N–H and O–H groups in total. The van der Waals surface area contributed by atoms with E-state index in [1.807, 2.05) is 36.4 Å². The molecule has 1 heterocycles. The molecule has 0 radical (unpaired) electrons. The molecule has 4 heteroatoms. The SMILES string of the molecule is CC(=O)c1ccc(CC(=O)Cc2cccc(C3=NCCN3)c2)cc1. The summed E-state index contributed by atoms with van der Waals surface area (Å²) in [5, 5.41) is 3.25. The van der Waals surface area contributed by atoms with Crippen LogP contribution in [0.15, 0.2) is 53.5 Å². The fraction of sp³-hybridized carbons (Fsp3) is 0.250. The van der Waals surface area contributed by atoms with Crippen LogP contribution in [-0.2, 0) is 17.6 Å². The fourth-order valence-electron chi connectivity index (χ4n) is 2.79. The number of hydrogen-bond acceptors (Lipinski definition) is 4. The van der Waals surface area contributed by atoms with Crippen LogP contribution >= 0.6 is 0 Å². The van der Waals surface area contributed by atoms with E-state index in [4.69, 9.17) is 0 Å². The van der Waals surface area contributed by atoms with Gasteiger partial charge in [0.2, 0.25) is 0 Å². The highest BCUT2D eigenvalue weighted by Crippen LogP contribution is 2.11. The van der Waals surface area contributed by atoms with Crippen LogP contribution < -0.4 is 5.32 Å². The smallest absolute Gasteiger partial charge is 0.159 e. The molecule has 24 heavy (non-hydrogen) atoms. The fourth-order valence-corrected chi connectivity index (χ4v) is 2.79. The van der Waals surface area contributed by atoms with Crippen LogP contribution in [0.1, 0.15) is 34.0 Å². The Morgan fingerprint density at radius 3 is 2.46 bits per heavy atom. The van der Waals surface area contributed by atoms with Gasteiger partial charge in [-0.2, -0.15) is 0 Å². The molecule has 4 nitrogen and oxygen atoms in total. The second kappa shape index (κ2) is 7.21. The predicted molar refractivity (Wildman–Crippen MR) is 94.7 cm³/mol. The van der Waals surface area contributed by atoms with Crippen LogP contribution in [0.2, 0.25) is 0 Å². The summed E-state index contributed by atoms with van der Waals surface area (Å²) < 4.78 is 0. The summed E-state index contributed by atoms with van der Waals surface area (Å²) in [5.41, 5.74) is 3.63. The zero-order chi connectivity index (χ0) is 16.9. The third-order valence-corrected chi connectivity index (χ3v) is 4.04. The average Bonchev–Trinajstić information content (AvgIpc) is 3.10. The Morgan fingerprint density at radius 2 is 1.79 bits per heavy atom. The summed E-state index contributed by atoms with van der Waals surface area (Å²) in [4.78, 5) is 28.0. The van der Waals surface area contributed by atoms with Crippen molar-refractivity contribution in [2.45, 2.75) is 19.8 Å². The maximum atomic E-state index is 12.3. The highest BCUT2D eigenvalue weighted by Gasteiger charge is 2.10. The summed E-state index contributed by atoms with van der Waals surface area (Å²) in [6.07, 6.45) is 0.775. The lowest BCUT2D eigenvalue weighted by Gasteiger charge is -2.06. The Labute approximate surface area is 141 Å². The summed E-state index contributed by atoms with van der Waals surface area (Å²) in [7, 11) is 0. The molecule has 0 aromatic heterocycles. The summed E-state index contributed by atoms with van der Waals surface area (Å²) >= 11 is 0. The van der Waals surface area contributed by atoms with Gasteiger partial charge < -0.3 is 5.32 Å². The van der Waals surface area contributed by atoms with Crippen molar-refractivity contribution in [3.63, 3.8) is 0 Å². The molecular formula is C20H20N2O2. The van der Waals surface area contributed by atoms with E-state index >= 15 is 0 Å². The third-order valence-electron chi connectivity index (χ3n) is 4.04. The predicted octanol–water partition coefficient (Wildman–Crippen LogP) is 2.59. The first kappa shape index (κ1) is 16.1. The summed E-state index contributed by atoms with van der Waals surface area (Å²) in [6, 6.07) is 15.2. The molecule has 0 atom stereocenters. The van der Waals surface area contributed by atoms with Gasteiger partial charge in [-0.3, -0.25) is 14.6 Å². The van der Waals surface area contributed by atoms with Gasteiger partial charge in [-0.05, 0) is 24.1 Å². The minimum Gasteiger partial charge on any atom is -0.368 e. The number of carbonyl (C=O) groups excluding carboxylic acids is 2. The largest absolute Gasteiger partial charge is 0.368 e. The molecule has 122 valence electrons. The van der Waals surface area contributed by atoms with Gasteiger partial charge in [0.05, 0.1) is 6.54 Å². The van der Waals surface area contributed by atoms with Crippen molar-refractivity contribution < 1.29 is 9.59 Å². The van der Waals surface area contributed by atoms with Crippen LogP contribution in [0, 0.1) is 0 Å². The standard InChI is InChI=1S/C20H20N2O2/c1-14(23)17-7-5-15(6-8-17)12-19(24)13-16-3-2-4-18(11-16)20-21-9-10-22-20/h2-8,11H,9-10,12-13H2,1H3,(H,21,22). The van der Waals surface area contributed by atoms with Crippen molar-refractivity contribution in [3.8, 4) is 0 Å². The Kier molecular flexibility index (Phi) is 4.85. The molecule has 0 spiro atoms. The number of carbonyl (C=O) groups is 2. The van der Waals surface area contributed by atoms with E-state index in [0.29, 0.717) is 18.4 Å². The van der Waals surface area contributed by atoms with Crippen LogP contribution in [0.3, 0.4) is 0 Å². The van der Waals surface area contributed by atoms with Crippen molar-refractivity contribution >= 4 is 17.4 Å². The van der Waals surface area contributed by atoms with E-state index in [9.17, 15) is 9.59 Å². The number of Topliss-reactive ketones (excluding diaryl/α,β-unsaturated/α-hetero) is 2. The van der Waals surface area contributed by atoms with Crippen LogP contribution in [0.25, 0.3) is 0 Å². The molecular weight excluding hydrogens is 300 g/mol. The van der Waals surface area contributed by atoms with Gasteiger partial charge in [0.25, 0.3) is 0 Å². The Bertz CT molecular complexity index is 792. The monoisotopic (exact) mass is 320 g/mol. The molecule has 0 saturated heterocycles. The first-order valence-corrected chi connectivity index (χ1v) is 8.11. The second-order valence-corrected chi connectivity index (χ2v) is 6.00. The van der Waals surface area contributed by atoms with Crippen molar-refractivity contribution in [1.82, 2.24) is 5.32 Å². The highest BCUT2D eigenvalue weighted by molar-refractivity contribution is 6.00. The molecule has 0 unspecified atom stereocenters. The molecule has 3 rings (SSSR count). The minimum absolute atomic E-state index is 0.0353. The van der Waals surface area contributed by atoms with E-state index in [-0.39, 0.29) is 11.6 Å². The number of hydrogen-bond donors (Lipinski definition) is 1. The molecule has 0 aliphatic carbocycles. The van der Waals surface area contributed by atoms with Gasteiger partial charge in [-0.25, -0.2) is 0 Å². The third kappa shape index (κ3) is 3.96. The molecule has 1 aliphatic rings. The van der Waals surface area contributed by atoms with Crippen molar-refractivity contribution in [2.75, 3.05) is 13.1 Å². The lowest BCUT2D eigenvalue weighted by Crippen LogP contribution is -2.19. The lowest BCUT2D eigenvalue weighted by atomic mass is 10.00. The molecule has 2 aromatic carbocycles. The van der Waals surface area contributed by atoms with Gasteiger partial charge in [0, 0.05) is 30.5 Å². The van der Waals surface area contributed by atoms with Crippen molar-refractivity contribution in [3.05, 3.63) is 70.8 Å². The van der Waals surface area contributed by atoms with Gasteiger partial charge in [0.15, 0.2) is 5.78 Å². The topological polar surface area (TPSA) is 58.5 Å². The minimum atomic E-state index is 0.0353. The van der Waals surface area contributed by atoms with Gasteiger partial charge in [-0.1, -0.05) is 42.5 Å². The number of aliphatic imine (C=N–C) groups is 1. The number of amidine groups is 1. The first-order valence-electron chi connectivity index (χ1n) is 8.11. The zero-order valence-electron chi connectivity index (χ0n) is 13.7. The summed E-state index contributed by atoms with van der Waals surface area (Å²) in [6.45, 7) is 3.21. The van der Waals surface area contributed by atoms with Crippen LogP contribution in [-0.4, -0.2) is 30.5 Å². The number of ketones is 2.